The van der Waals surface area contributed by atoms with Crippen LogP contribution in [0.5, 0.6) is 0 Å². The van der Waals surface area contributed by atoms with Crippen molar-refractivity contribution in [2.24, 2.45) is 0 Å². The van der Waals surface area contributed by atoms with Crippen LogP contribution in [0.25, 0.3) is 0 Å². The lowest BCUT2D eigenvalue weighted by atomic mass is 10.2. The number of anilines is 1. The maximum atomic E-state index is 11.8. The Labute approximate surface area is 141 Å². The first-order valence-electron chi connectivity index (χ1n) is 6.42. The van der Waals surface area contributed by atoms with E-state index in [9.17, 15) is 18.0 Å². The van der Waals surface area contributed by atoms with Crippen LogP contribution in [0, 0.1) is 0 Å². The summed E-state index contributed by atoms with van der Waals surface area (Å²) in [7, 11) is -3.33. The van der Waals surface area contributed by atoms with Crippen LogP contribution >= 0.6 is 15.9 Å². The average Bonchev–Trinajstić information content (AvgIpc) is 2.36. The van der Waals surface area contributed by atoms with Gasteiger partial charge in [-0.05, 0) is 34.1 Å². The van der Waals surface area contributed by atoms with Crippen molar-refractivity contribution >= 4 is 43.4 Å². The molecule has 0 atom stereocenters. The molecule has 0 spiro atoms. The van der Waals surface area contributed by atoms with Gasteiger partial charge in [-0.2, -0.15) is 0 Å². The Morgan fingerprint density at radius 2 is 1.74 bits per heavy atom. The van der Waals surface area contributed by atoms with E-state index in [1.165, 1.54) is 32.0 Å². The molecule has 1 N–H and O–H groups in total. The highest BCUT2D eigenvalue weighted by atomic mass is 79.9. The zero-order valence-corrected chi connectivity index (χ0v) is 14.9. The molecule has 124 valence electrons. The number of sulfone groups is 1. The van der Waals surface area contributed by atoms with Crippen molar-refractivity contribution in [1.82, 2.24) is 0 Å². The smallest absolute Gasteiger partial charge is 0.350 e. The molecule has 1 heterocycles. The van der Waals surface area contributed by atoms with Gasteiger partial charge in [-0.25, -0.2) is 18.0 Å². The zero-order chi connectivity index (χ0) is 17.4. The van der Waals surface area contributed by atoms with Crippen molar-refractivity contribution in [3.63, 3.8) is 0 Å². The maximum absolute atomic E-state index is 11.8. The van der Waals surface area contributed by atoms with Gasteiger partial charge in [0, 0.05) is 30.8 Å². The Kier molecular flexibility index (Phi) is 4.54. The van der Waals surface area contributed by atoms with E-state index in [2.05, 4.69) is 21.2 Å². The third kappa shape index (κ3) is 4.11. The summed E-state index contributed by atoms with van der Waals surface area (Å²) in [5, 5.41) is 2.74. The first-order chi connectivity index (χ1) is 10.5. The lowest BCUT2D eigenvalue weighted by Gasteiger charge is -2.29. The van der Waals surface area contributed by atoms with E-state index in [0.717, 1.165) is 12.5 Å². The highest BCUT2D eigenvalue weighted by Crippen LogP contribution is 2.27. The summed E-state index contributed by atoms with van der Waals surface area (Å²) in [6.45, 7) is 2.90. The van der Waals surface area contributed by atoms with Gasteiger partial charge in [-0.15, -0.1) is 0 Å². The van der Waals surface area contributed by atoms with Crippen molar-refractivity contribution in [2.75, 3.05) is 11.6 Å². The largest absolute Gasteiger partial charge is 0.419 e. The summed E-state index contributed by atoms with van der Waals surface area (Å²) in [6.07, 6.45) is 2.25. The van der Waals surface area contributed by atoms with E-state index >= 15 is 0 Å². The van der Waals surface area contributed by atoms with E-state index < -0.39 is 27.6 Å². The Balaban J connectivity index is 2.24. The Morgan fingerprint density at radius 1 is 1.17 bits per heavy atom. The number of benzene rings is 1. The number of hydrogen-bond donors (Lipinski definition) is 1. The number of halogens is 1. The Morgan fingerprint density at radius 3 is 2.22 bits per heavy atom. The molecule has 7 nitrogen and oxygen atoms in total. The molecule has 2 rings (SSSR count). The van der Waals surface area contributed by atoms with Crippen LogP contribution in [0.4, 0.5) is 5.69 Å². The van der Waals surface area contributed by atoms with Crippen LogP contribution in [-0.4, -0.2) is 32.4 Å². The van der Waals surface area contributed by atoms with Gasteiger partial charge >= 0.3 is 11.9 Å². The Bertz CT molecular complexity index is 791. The van der Waals surface area contributed by atoms with Crippen LogP contribution in [-0.2, 0) is 28.9 Å². The molecule has 1 fully saturated rings. The zero-order valence-electron chi connectivity index (χ0n) is 12.5. The topological polar surface area (TPSA) is 98.8 Å². The average molecular weight is 404 g/mol. The highest BCUT2D eigenvalue weighted by Gasteiger charge is 2.38. The summed E-state index contributed by atoms with van der Waals surface area (Å²) in [5.74, 6) is -2.91. The van der Waals surface area contributed by atoms with Gasteiger partial charge in [0.15, 0.2) is 15.4 Å². The fraction of sp³-hybridized carbons (Fsp3) is 0.286. The number of cyclic esters (lactones) is 2. The van der Waals surface area contributed by atoms with E-state index in [-0.39, 0.29) is 10.5 Å². The van der Waals surface area contributed by atoms with Crippen molar-refractivity contribution in [3.05, 3.63) is 34.4 Å². The standard InChI is InChI=1S/C14H14BrNO6S/c1-14(2)21-12(17)9(13(18)22-14)7-16-11-5-4-8(6-10(11)15)23(3,19)20/h4-7,16H,1-3H3. The fourth-order valence-corrected chi connectivity index (χ4v) is 3.06. The van der Waals surface area contributed by atoms with Crippen LogP contribution < -0.4 is 5.32 Å². The molecule has 0 bridgehead atoms. The second-order valence-electron chi connectivity index (χ2n) is 5.30. The summed E-state index contributed by atoms with van der Waals surface area (Å²) in [6, 6.07) is 4.32. The number of esters is 2. The molecule has 23 heavy (non-hydrogen) atoms. The third-order valence-electron chi connectivity index (χ3n) is 2.86. The molecule has 1 saturated heterocycles. The van der Waals surface area contributed by atoms with Crippen LogP contribution in [0.2, 0.25) is 0 Å². The molecule has 9 heteroatoms. The second-order valence-corrected chi connectivity index (χ2v) is 8.17. The summed E-state index contributed by atoms with van der Waals surface area (Å²) in [4.78, 5) is 23.7. The SMILES string of the molecule is CC1(C)OC(=O)C(=CNc2ccc(S(C)(=O)=O)cc2Br)C(=O)O1. The van der Waals surface area contributed by atoms with Crippen molar-refractivity contribution < 1.29 is 27.5 Å². The van der Waals surface area contributed by atoms with Gasteiger partial charge < -0.3 is 14.8 Å². The minimum absolute atomic E-state index is 0.140. The van der Waals surface area contributed by atoms with E-state index in [0.29, 0.717) is 10.2 Å². The quantitative estimate of drug-likeness (QED) is 0.467. The number of carbonyl (C=O) groups is 2. The predicted molar refractivity (Wildman–Crippen MR) is 85.2 cm³/mol. The van der Waals surface area contributed by atoms with E-state index in [4.69, 9.17) is 9.47 Å². The van der Waals surface area contributed by atoms with E-state index in [1.54, 1.807) is 0 Å². The molecule has 0 saturated carbocycles. The van der Waals surface area contributed by atoms with Gasteiger partial charge in [0.25, 0.3) is 5.79 Å². The number of rotatable bonds is 3. The van der Waals surface area contributed by atoms with Gasteiger partial charge in [0.2, 0.25) is 0 Å². The molecule has 0 amide bonds. The molecule has 1 aliphatic rings. The lowest BCUT2D eigenvalue weighted by Crippen LogP contribution is -2.42. The molecular weight excluding hydrogens is 390 g/mol. The molecule has 1 aromatic carbocycles. The van der Waals surface area contributed by atoms with E-state index in [1.807, 2.05) is 0 Å². The highest BCUT2D eigenvalue weighted by molar-refractivity contribution is 9.10. The molecular formula is C14H14BrNO6S. The fourth-order valence-electron chi connectivity index (χ4n) is 1.77. The summed E-state index contributed by atoms with van der Waals surface area (Å²) >= 11 is 3.22. The molecule has 0 radical (unpaired) electrons. The lowest BCUT2D eigenvalue weighted by molar-refractivity contribution is -0.222. The van der Waals surface area contributed by atoms with Crippen LogP contribution in [0.15, 0.2) is 39.3 Å². The first-order valence-corrected chi connectivity index (χ1v) is 9.11. The summed E-state index contributed by atoms with van der Waals surface area (Å²) < 4.78 is 33.3. The molecule has 0 aromatic heterocycles. The van der Waals surface area contributed by atoms with Gasteiger partial charge in [0.1, 0.15) is 0 Å². The minimum atomic E-state index is -3.33. The molecule has 0 aliphatic carbocycles. The number of ether oxygens (including phenoxy) is 2. The number of carbonyl (C=O) groups excluding carboxylic acids is 2. The van der Waals surface area contributed by atoms with Gasteiger partial charge in [-0.3, -0.25) is 0 Å². The molecule has 1 aliphatic heterocycles. The predicted octanol–water partition coefficient (Wildman–Crippen LogP) is 1.98. The Hall–Kier alpha value is -1.87. The first kappa shape index (κ1) is 17.5. The minimum Gasteiger partial charge on any atom is -0.419 e. The van der Waals surface area contributed by atoms with Crippen LogP contribution in [0.1, 0.15) is 13.8 Å². The normalized spacial score (nSPS) is 17.3. The maximum Gasteiger partial charge on any atom is 0.350 e. The van der Waals surface area contributed by atoms with Crippen molar-refractivity contribution in [3.8, 4) is 0 Å². The third-order valence-corrected chi connectivity index (χ3v) is 4.62. The van der Waals surface area contributed by atoms with Crippen molar-refractivity contribution in [1.29, 1.82) is 0 Å². The number of hydrogen-bond acceptors (Lipinski definition) is 7. The van der Waals surface area contributed by atoms with Crippen LogP contribution in [0.3, 0.4) is 0 Å². The monoisotopic (exact) mass is 403 g/mol. The van der Waals surface area contributed by atoms with Gasteiger partial charge in [-0.1, -0.05) is 0 Å². The second kappa shape index (κ2) is 5.97. The number of nitrogens with one attached hydrogen (secondary N) is 1. The molecule has 1 aromatic rings. The van der Waals surface area contributed by atoms with Gasteiger partial charge in [0.05, 0.1) is 10.6 Å². The summed E-state index contributed by atoms with van der Waals surface area (Å²) in [5.41, 5.74) is 0.179. The molecule has 0 unspecified atom stereocenters. The van der Waals surface area contributed by atoms with Crippen molar-refractivity contribution in [2.45, 2.75) is 24.5 Å².